The van der Waals surface area contributed by atoms with E-state index < -0.39 is 5.97 Å². The lowest BCUT2D eigenvalue weighted by Gasteiger charge is -2.26. The van der Waals surface area contributed by atoms with Crippen molar-refractivity contribution in [1.82, 2.24) is 15.0 Å². The standard InChI is InChI=1S/C23H24N6O3/c1-31-23-26-21(25-22(27-23)29-14-8-3-9-15-29)28-24-16-17-10-6-7-13-19(17)20(30)32-18-11-4-2-5-12-18/h2,4-7,10-13,16H,3,8-9,14-15H2,1H3,(H,25,26,27,28). The van der Waals surface area contributed by atoms with Gasteiger partial charge in [-0.25, -0.2) is 10.2 Å². The molecule has 2 heterocycles. The van der Waals surface area contributed by atoms with Gasteiger partial charge in [0.1, 0.15) is 5.75 Å². The number of anilines is 2. The minimum atomic E-state index is -0.465. The number of piperidine rings is 1. The van der Waals surface area contributed by atoms with Gasteiger partial charge in [-0.1, -0.05) is 36.4 Å². The van der Waals surface area contributed by atoms with Crippen LogP contribution in [0.4, 0.5) is 11.9 Å². The van der Waals surface area contributed by atoms with Crippen LogP contribution in [0.15, 0.2) is 59.7 Å². The average molecular weight is 432 g/mol. The zero-order chi connectivity index (χ0) is 22.2. The number of carbonyl (C=O) groups is 1. The normalized spacial score (nSPS) is 13.7. The number of hydrogen-bond donors (Lipinski definition) is 1. The predicted octanol–water partition coefficient (Wildman–Crippen LogP) is 3.54. The number of hydrazone groups is 1. The van der Waals surface area contributed by atoms with Crippen molar-refractivity contribution in [3.05, 3.63) is 65.7 Å². The SMILES string of the molecule is COc1nc(NN=Cc2ccccc2C(=O)Oc2ccccc2)nc(N2CCCCC2)n1. The zero-order valence-corrected chi connectivity index (χ0v) is 17.8. The van der Waals surface area contributed by atoms with E-state index in [1.54, 1.807) is 42.5 Å². The molecule has 0 radical (unpaired) electrons. The second-order valence-corrected chi connectivity index (χ2v) is 7.15. The van der Waals surface area contributed by atoms with Gasteiger partial charge >= 0.3 is 12.0 Å². The Labute approximate surface area is 186 Å². The molecule has 2 aromatic carbocycles. The van der Waals surface area contributed by atoms with Gasteiger partial charge in [0.2, 0.25) is 5.95 Å². The molecule has 0 bridgehead atoms. The molecule has 9 heteroatoms. The van der Waals surface area contributed by atoms with Crippen molar-refractivity contribution >= 4 is 24.1 Å². The number of ether oxygens (including phenoxy) is 2. The van der Waals surface area contributed by atoms with Gasteiger partial charge in [0, 0.05) is 18.7 Å². The number of para-hydroxylation sites is 1. The molecule has 9 nitrogen and oxygen atoms in total. The molecule has 32 heavy (non-hydrogen) atoms. The van der Waals surface area contributed by atoms with Crippen LogP contribution in [0.5, 0.6) is 11.8 Å². The first kappa shape index (κ1) is 21.2. The van der Waals surface area contributed by atoms with E-state index in [4.69, 9.17) is 9.47 Å². The van der Waals surface area contributed by atoms with Crippen molar-refractivity contribution in [3.63, 3.8) is 0 Å². The van der Waals surface area contributed by atoms with Crippen molar-refractivity contribution in [2.45, 2.75) is 19.3 Å². The third-order valence-electron chi connectivity index (χ3n) is 4.93. The molecule has 1 saturated heterocycles. The van der Waals surface area contributed by atoms with Crippen LogP contribution in [0.3, 0.4) is 0 Å². The monoisotopic (exact) mass is 432 g/mol. The van der Waals surface area contributed by atoms with E-state index in [1.165, 1.54) is 19.7 Å². The number of aromatic nitrogens is 3. The molecule has 1 fully saturated rings. The summed E-state index contributed by atoms with van der Waals surface area (Å²) in [5.41, 5.74) is 3.80. The van der Waals surface area contributed by atoms with E-state index in [0.717, 1.165) is 25.9 Å². The van der Waals surface area contributed by atoms with E-state index in [0.29, 0.717) is 22.8 Å². The van der Waals surface area contributed by atoms with E-state index in [9.17, 15) is 4.79 Å². The van der Waals surface area contributed by atoms with Gasteiger partial charge in [-0.15, -0.1) is 0 Å². The summed E-state index contributed by atoms with van der Waals surface area (Å²) < 4.78 is 10.7. The molecule has 0 saturated carbocycles. The highest BCUT2D eigenvalue weighted by Crippen LogP contribution is 2.19. The van der Waals surface area contributed by atoms with Gasteiger partial charge in [0.05, 0.1) is 18.9 Å². The molecule has 3 aromatic rings. The Morgan fingerprint density at radius 3 is 2.53 bits per heavy atom. The molecular formula is C23H24N6O3. The lowest BCUT2D eigenvalue weighted by molar-refractivity contribution is 0.0734. The van der Waals surface area contributed by atoms with Crippen molar-refractivity contribution < 1.29 is 14.3 Å². The Bertz CT molecular complexity index is 1080. The van der Waals surface area contributed by atoms with Gasteiger partial charge in [0.15, 0.2) is 0 Å². The van der Waals surface area contributed by atoms with Gasteiger partial charge in [-0.2, -0.15) is 20.1 Å². The summed E-state index contributed by atoms with van der Waals surface area (Å²) in [4.78, 5) is 27.7. The number of benzene rings is 2. The molecule has 0 aliphatic carbocycles. The number of carbonyl (C=O) groups excluding carboxylic acids is 1. The second kappa shape index (κ2) is 10.3. The maximum Gasteiger partial charge on any atom is 0.344 e. The van der Waals surface area contributed by atoms with Crippen molar-refractivity contribution in [1.29, 1.82) is 0 Å². The van der Waals surface area contributed by atoms with Crippen LogP contribution in [0.25, 0.3) is 0 Å². The summed E-state index contributed by atoms with van der Waals surface area (Å²) in [5, 5.41) is 4.21. The number of rotatable bonds is 7. The van der Waals surface area contributed by atoms with Crippen LogP contribution in [0.1, 0.15) is 35.2 Å². The van der Waals surface area contributed by atoms with Crippen LogP contribution < -0.4 is 19.8 Å². The van der Waals surface area contributed by atoms with Gasteiger partial charge in [-0.3, -0.25) is 0 Å². The van der Waals surface area contributed by atoms with Crippen molar-refractivity contribution in [2.24, 2.45) is 5.10 Å². The molecule has 0 unspecified atom stereocenters. The van der Waals surface area contributed by atoms with Gasteiger partial charge in [-0.05, 0) is 37.5 Å². The third-order valence-corrected chi connectivity index (χ3v) is 4.93. The van der Waals surface area contributed by atoms with Crippen LogP contribution in [-0.4, -0.2) is 47.3 Å². The second-order valence-electron chi connectivity index (χ2n) is 7.15. The van der Waals surface area contributed by atoms with Gasteiger partial charge < -0.3 is 14.4 Å². The fraction of sp³-hybridized carbons (Fsp3) is 0.261. The lowest BCUT2D eigenvalue weighted by Crippen LogP contribution is -2.31. The Balaban J connectivity index is 1.49. The van der Waals surface area contributed by atoms with Gasteiger partial charge in [0.25, 0.3) is 5.95 Å². The van der Waals surface area contributed by atoms with Crippen molar-refractivity contribution in [3.8, 4) is 11.8 Å². The summed E-state index contributed by atoms with van der Waals surface area (Å²) in [6, 6.07) is 16.2. The maximum absolute atomic E-state index is 12.6. The molecule has 164 valence electrons. The first-order valence-corrected chi connectivity index (χ1v) is 10.4. The van der Waals surface area contributed by atoms with Crippen molar-refractivity contribution in [2.75, 3.05) is 30.5 Å². The number of methoxy groups -OCH3 is 1. The third kappa shape index (κ3) is 5.37. The molecule has 1 N–H and O–H groups in total. The molecular weight excluding hydrogens is 408 g/mol. The molecule has 4 rings (SSSR count). The van der Waals surface area contributed by atoms with Crippen LogP contribution in [0.2, 0.25) is 0 Å². The minimum Gasteiger partial charge on any atom is -0.467 e. The Kier molecular flexibility index (Phi) is 6.86. The molecule has 1 aliphatic rings. The molecule has 0 amide bonds. The molecule has 1 aromatic heterocycles. The first-order valence-electron chi connectivity index (χ1n) is 10.4. The predicted molar refractivity (Wildman–Crippen MR) is 122 cm³/mol. The number of esters is 1. The Hall–Kier alpha value is -4.01. The van der Waals surface area contributed by atoms with E-state index in [-0.39, 0.29) is 12.0 Å². The minimum absolute atomic E-state index is 0.213. The maximum atomic E-state index is 12.6. The van der Waals surface area contributed by atoms with Crippen LogP contribution >= 0.6 is 0 Å². The number of hydrogen-bond acceptors (Lipinski definition) is 9. The highest BCUT2D eigenvalue weighted by molar-refractivity contribution is 6.00. The van der Waals surface area contributed by atoms with E-state index >= 15 is 0 Å². The highest BCUT2D eigenvalue weighted by atomic mass is 16.5. The molecule has 0 spiro atoms. The summed E-state index contributed by atoms with van der Waals surface area (Å²) in [5.74, 6) is 0.830. The van der Waals surface area contributed by atoms with Crippen LogP contribution in [0, 0.1) is 0 Å². The molecule has 1 aliphatic heterocycles. The largest absolute Gasteiger partial charge is 0.467 e. The quantitative estimate of drug-likeness (QED) is 0.262. The zero-order valence-electron chi connectivity index (χ0n) is 17.8. The molecule has 0 atom stereocenters. The van der Waals surface area contributed by atoms with E-state index in [2.05, 4.69) is 30.4 Å². The topological polar surface area (TPSA) is 102 Å². The smallest absolute Gasteiger partial charge is 0.344 e. The van der Waals surface area contributed by atoms with Crippen LogP contribution in [-0.2, 0) is 0 Å². The summed E-state index contributed by atoms with van der Waals surface area (Å²) in [7, 11) is 1.51. The summed E-state index contributed by atoms with van der Waals surface area (Å²) in [6.07, 6.45) is 4.94. The Morgan fingerprint density at radius 2 is 1.75 bits per heavy atom. The summed E-state index contributed by atoms with van der Waals surface area (Å²) in [6.45, 7) is 1.79. The first-order chi connectivity index (χ1) is 15.7. The summed E-state index contributed by atoms with van der Waals surface area (Å²) >= 11 is 0. The van der Waals surface area contributed by atoms with E-state index in [1.807, 2.05) is 12.1 Å². The fourth-order valence-electron chi connectivity index (χ4n) is 3.33. The Morgan fingerprint density at radius 1 is 1.00 bits per heavy atom. The lowest BCUT2D eigenvalue weighted by atomic mass is 10.1. The fourth-order valence-corrected chi connectivity index (χ4v) is 3.33. The number of nitrogens with one attached hydrogen (secondary N) is 1. The average Bonchev–Trinajstić information content (AvgIpc) is 2.85. The highest BCUT2D eigenvalue weighted by Gasteiger charge is 2.17. The number of nitrogens with zero attached hydrogens (tertiary/aromatic N) is 5.